The van der Waals surface area contributed by atoms with Gasteiger partial charge in [0.05, 0.1) is 0 Å². The van der Waals surface area contributed by atoms with E-state index in [0.29, 0.717) is 11.5 Å². The second kappa shape index (κ2) is 6.56. The molecular formula is C21H25N3O2. The molecule has 0 saturated carbocycles. The minimum atomic E-state index is -0.994. The first-order chi connectivity index (χ1) is 12.2. The second-order valence-electron chi connectivity index (χ2n) is 8.16. The van der Waals surface area contributed by atoms with E-state index < -0.39 is 5.97 Å². The topological polar surface area (TPSA) is 75.1 Å². The monoisotopic (exact) mass is 351 g/mol. The molecule has 26 heavy (non-hydrogen) atoms. The van der Waals surface area contributed by atoms with Crippen LogP contribution in [0.15, 0.2) is 36.7 Å². The summed E-state index contributed by atoms with van der Waals surface area (Å²) in [6, 6.07) is 6.49. The molecule has 0 unspecified atom stereocenters. The van der Waals surface area contributed by atoms with Crippen LogP contribution in [0.2, 0.25) is 0 Å². The maximum atomic E-state index is 10.6. The summed E-state index contributed by atoms with van der Waals surface area (Å²) in [6.45, 7) is 9.21. The lowest BCUT2D eigenvalue weighted by molar-refractivity contribution is -0.131. The summed E-state index contributed by atoms with van der Waals surface area (Å²) >= 11 is 0. The Morgan fingerprint density at radius 2 is 1.69 bits per heavy atom. The van der Waals surface area contributed by atoms with E-state index in [1.165, 1.54) is 23.6 Å². The van der Waals surface area contributed by atoms with Gasteiger partial charge in [0, 0.05) is 29.7 Å². The molecule has 136 valence electrons. The van der Waals surface area contributed by atoms with Crippen LogP contribution in [0.3, 0.4) is 0 Å². The third-order valence-corrected chi connectivity index (χ3v) is 5.20. The van der Waals surface area contributed by atoms with Crippen molar-refractivity contribution in [3.8, 4) is 0 Å². The van der Waals surface area contributed by atoms with Crippen LogP contribution < -0.4 is 5.32 Å². The number of carboxylic acid groups (broad SMARTS) is 1. The zero-order valence-electron chi connectivity index (χ0n) is 15.7. The van der Waals surface area contributed by atoms with Crippen molar-refractivity contribution in [2.75, 3.05) is 5.32 Å². The van der Waals surface area contributed by atoms with Gasteiger partial charge in [-0.15, -0.1) is 0 Å². The van der Waals surface area contributed by atoms with E-state index in [4.69, 9.17) is 5.11 Å². The number of nitrogens with zero attached hydrogens (tertiary/aromatic N) is 2. The van der Waals surface area contributed by atoms with Crippen LogP contribution in [0.25, 0.3) is 6.08 Å². The smallest absolute Gasteiger partial charge is 0.328 e. The molecule has 0 bridgehead atoms. The maximum Gasteiger partial charge on any atom is 0.328 e. The number of benzene rings is 1. The lowest BCUT2D eigenvalue weighted by Gasteiger charge is -2.42. The fourth-order valence-corrected chi connectivity index (χ4v) is 3.45. The normalized spacial score (nSPS) is 17.7. The number of nitrogens with one attached hydrogen (secondary N) is 1. The number of hydrogen-bond donors (Lipinski definition) is 2. The van der Waals surface area contributed by atoms with Gasteiger partial charge in [0.1, 0.15) is 0 Å². The standard InChI is InChI=1S/C21H25N3O2/c1-20(2)9-10-21(3,4)17-11-15(6-7-16(17)20)24-19-22-12-14(13-23-19)5-8-18(25)26/h5-8,11-13H,9-10H2,1-4H3,(H,25,26)(H,22,23,24)/b8-5+. The van der Waals surface area contributed by atoms with Gasteiger partial charge in [0.25, 0.3) is 0 Å². The number of aliphatic carboxylic acids is 1. The van der Waals surface area contributed by atoms with Gasteiger partial charge in [-0.2, -0.15) is 0 Å². The number of fused-ring (bicyclic) bond motifs is 1. The Hall–Kier alpha value is -2.69. The molecule has 1 aromatic heterocycles. The predicted molar refractivity (Wildman–Crippen MR) is 104 cm³/mol. The van der Waals surface area contributed by atoms with E-state index in [1.807, 2.05) is 0 Å². The number of carbonyl (C=O) groups is 1. The molecule has 3 rings (SSSR count). The summed E-state index contributed by atoms with van der Waals surface area (Å²) in [5.41, 5.74) is 4.73. The molecule has 1 aromatic carbocycles. The Morgan fingerprint density at radius 3 is 2.31 bits per heavy atom. The molecule has 0 radical (unpaired) electrons. The highest BCUT2D eigenvalue weighted by molar-refractivity contribution is 5.85. The highest BCUT2D eigenvalue weighted by Crippen LogP contribution is 2.46. The summed E-state index contributed by atoms with van der Waals surface area (Å²) in [6.07, 6.45) is 8.08. The van der Waals surface area contributed by atoms with Gasteiger partial charge in [0.15, 0.2) is 0 Å². The molecule has 5 nitrogen and oxygen atoms in total. The molecule has 0 saturated heterocycles. The summed E-state index contributed by atoms with van der Waals surface area (Å²) in [4.78, 5) is 19.1. The summed E-state index contributed by atoms with van der Waals surface area (Å²) in [5.74, 6) is -0.503. The molecular weight excluding hydrogens is 326 g/mol. The van der Waals surface area contributed by atoms with Crippen molar-refractivity contribution in [3.63, 3.8) is 0 Å². The van der Waals surface area contributed by atoms with Crippen molar-refractivity contribution in [2.24, 2.45) is 0 Å². The molecule has 1 aliphatic rings. The Labute approximate surface area is 154 Å². The Kier molecular flexibility index (Phi) is 4.57. The van der Waals surface area contributed by atoms with E-state index in [0.717, 1.165) is 18.2 Å². The van der Waals surface area contributed by atoms with E-state index in [1.54, 1.807) is 12.4 Å². The maximum absolute atomic E-state index is 10.6. The van der Waals surface area contributed by atoms with Crippen LogP contribution in [0.1, 0.15) is 57.2 Å². The van der Waals surface area contributed by atoms with Crippen LogP contribution in [0.5, 0.6) is 0 Å². The fraction of sp³-hybridized carbons (Fsp3) is 0.381. The van der Waals surface area contributed by atoms with Crippen LogP contribution in [0.4, 0.5) is 11.6 Å². The first-order valence-electron chi connectivity index (χ1n) is 8.82. The van der Waals surface area contributed by atoms with E-state index >= 15 is 0 Å². The Balaban J connectivity index is 1.84. The highest BCUT2D eigenvalue weighted by Gasteiger charge is 2.36. The van der Waals surface area contributed by atoms with Gasteiger partial charge >= 0.3 is 5.97 Å². The van der Waals surface area contributed by atoms with Gasteiger partial charge in [-0.1, -0.05) is 33.8 Å². The molecule has 2 N–H and O–H groups in total. The van der Waals surface area contributed by atoms with Gasteiger partial charge in [-0.3, -0.25) is 0 Å². The van der Waals surface area contributed by atoms with Gasteiger partial charge in [0.2, 0.25) is 5.95 Å². The molecule has 0 atom stereocenters. The largest absolute Gasteiger partial charge is 0.478 e. The number of rotatable bonds is 4. The zero-order valence-corrected chi connectivity index (χ0v) is 15.7. The number of hydrogen-bond acceptors (Lipinski definition) is 4. The summed E-state index contributed by atoms with van der Waals surface area (Å²) < 4.78 is 0. The molecule has 0 fully saturated rings. The van der Waals surface area contributed by atoms with Gasteiger partial charge < -0.3 is 10.4 Å². The lowest BCUT2D eigenvalue weighted by Crippen LogP contribution is -2.33. The average molecular weight is 351 g/mol. The lowest BCUT2D eigenvalue weighted by atomic mass is 9.63. The van der Waals surface area contributed by atoms with E-state index in [-0.39, 0.29) is 10.8 Å². The predicted octanol–water partition coefficient (Wildman–Crippen LogP) is 4.67. The van der Waals surface area contributed by atoms with Crippen molar-refractivity contribution >= 4 is 23.7 Å². The molecule has 0 aliphatic heterocycles. The minimum Gasteiger partial charge on any atom is -0.478 e. The SMILES string of the molecule is CC1(C)CCC(C)(C)c2cc(Nc3ncc(/C=C/C(=O)O)cn3)ccc21. The van der Waals surface area contributed by atoms with Crippen LogP contribution in [-0.4, -0.2) is 21.0 Å². The fourth-order valence-electron chi connectivity index (χ4n) is 3.45. The zero-order chi connectivity index (χ0) is 18.9. The Bertz CT molecular complexity index is 852. The van der Waals surface area contributed by atoms with Gasteiger partial charge in [-0.05, 0) is 53.0 Å². The van der Waals surface area contributed by atoms with E-state index in [2.05, 4.69) is 61.2 Å². The van der Waals surface area contributed by atoms with Crippen molar-refractivity contribution in [1.29, 1.82) is 0 Å². The molecule has 2 aromatic rings. The molecule has 5 heteroatoms. The van der Waals surface area contributed by atoms with E-state index in [9.17, 15) is 4.79 Å². The Morgan fingerprint density at radius 1 is 1.08 bits per heavy atom. The van der Waals surface area contributed by atoms with Crippen LogP contribution in [-0.2, 0) is 15.6 Å². The van der Waals surface area contributed by atoms with Crippen LogP contribution in [0, 0.1) is 0 Å². The van der Waals surface area contributed by atoms with Crippen molar-refractivity contribution in [1.82, 2.24) is 9.97 Å². The average Bonchev–Trinajstić information content (AvgIpc) is 2.58. The third-order valence-electron chi connectivity index (χ3n) is 5.20. The number of aromatic nitrogens is 2. The first kappa shape index (κ1) is 18.1. The van der Waals surface area contributed by atoms with Crippen molar-refractivity contribution in [2.45, 2.75) is 51.4 Å². The number of carboxylic acids is 1. The van der Waals surface area contributed by atoms with Crippen LogP contribution >= 0.6 is 0 Å². The minimum absolute atomic E-state index is 0.148. The second-order valence-corrected chi connectivity index (χ2v) is 8.16. The molecule has 0 spiro atoms. The summed E-state index contributed by atoms with van der Waals surface area (Å²) in [7, 11) is 0. The first-order valence-corrected chi connectivity index (χ1v) is 8.82. The molecule has 1 heterocycles. The van der Waals surface area contributed by atoms with Crippen molar-refractivity contribution in [3.05, 3.63) is 53.4 Å². The molecule has 1 aliphatic carbocycles. The third kappa shape index (κ3) is 3.77. The molecule has 0 amide bonds. The van der Waals surface area contributed by atoms with Crippen molar-refractivity contribution < 1.29 is 9.90 Å². The van der Waals surface area contributed by atoms with Gasteiger partial charge in [-0.25, -0.2) is 14.8 Å². The highest BCUT2D eigenvalue weighted by atomic mass is 16.4. The number of anilines is 2. The summed E-state index contributed by atoms with van der Waals surface area (Å²) in [5, 5.41) is 11.9. The quantitative estimate of drug-likeness (QED) is 0.783.